The molecule has 4 aromatic rings. The van der Waals surface area contributed by atoms with Gasteiger partial charge in [0.15, 0.2) is 16.8 Å². The Morgan fingerprint density at radius 1 is 1.10 bits per heavy atom. The summed E-state index contributed by atoms with van der Waals surface area (Å²) in [5.41, 5.74) is 3.74. The number of carbonyl (C=O) groups is 1. The second-order valence-electron chi connectivity index (χ2n) is 6.89. The molecule has 4 rings (SSSR count). The number of aryl methyl sites for hydroxylation is 1. The molecule has 0 atom stereocenters. The van der Waals surface area contributed by atoms with Crippen molar-refractivity contribution >= 4 is 17.5 Å². The Bertz CT molecular complexity index is 1130. The average molecular weight is 407 g/mol. The lowest BCUT2D eigenvalue weighted by Crippen LogP contribution is -2.08. The molecule has 3 aromatic heterocycles. The summed E-state index contributed by atoms with van der Waals surface area (Å²) in [6, 6.07) is 15.7. The molecule has 1 aromatic carbocycles. The van der Waals surface area contributed by atoms with Crippen LogP contribution in [0.2, 0.25) is 0 Å². The van der Waals surface area contributed by atoms with Gasteiger partial charge >= 0.3 is 0 Å². The van der Waals surface area contributed by atoms with E-state index >= 15 is 0 Å². The van der Waals surface area contributed by atoms with Gasteiger partial charge in [-0.15, -0.1) is 10.2 Å². The quantitative estimate of drug-likeness (QED) is 0.334. The van der Waals surface area contributed by atoms with Crippen molar-refractivity contribution in [3.05, 3.63) is 77.5 Å². The largest absolute Gasteiger partial charge is 0.467 e. The fourth-order valence-electron chi connectivity index (χ4n) is 3.37. The van der Waals surface area contributed by atoms with Gasteiger partial charge in [0.2, 0.25) is 0 Å². The van der Waals surface area contributed by atoms with Crippen molar-refractivity contribution in [3.8, 4) is 11.4 Å². The maximum Gasteiger partial charge on any atom is 0.191 e. The summed E-state index contributed by atoms with van der Waals surface area (Å²) in [6.07, 6.45) is 1.66. The first-order valence-electron chi connectivity index (χ1n) is 9.34. The number of rotatable bonds is 7. The van der Waals surface area contributed by atoms with Crippen LogP contribution in [-0.2, 0) is 13.6 Å². The van der Waals surface area contributed by atoms with E-state index in [4.69, 9.17) is 4.42 Å². The van der Waals surface area contributed by atoms with E-state index in [9.17, 15) is 4.79 Å². The van der Waals surface area contributed by atoms with Crippen LogP contribution in [0.25, 0.3) is 11.4 Å². The van der Waals surface area contributed by atoms with Crippen LogP contribution < -0.4 is 0 Å². The summed E-state index contributed by atoms with van der Waals surface area (Å²) in [7, 11) is 1.92. The number of carbonyl (C=O) groups excluding carboxylic acids is 1. The predicted molar refractivity (Wildman–Crippen MR) is 113 cm³/mol. The number of ketones is 1. The number of furan rings is 1. The number of hydrogen-bond donors (Lipinski definition) is 0. The van der Waals surface area contributed by atoms with E-state index < -0.39 is 0 Å². The minimum Gasteiger partial charge on any atom is -0.467 e. The van der Waals surface area contributed by atoms with E-state index in [2.05, 4.69) is 14.8 Å². The van der Waals surface area contributed by atoms with Gasteiger partial charge in [-0.1, -0.05) is 42.1 Å². The third-order valence-corrected chi connectivity index (χ3v) is 5.99. The zero-order chi connectivity index (χ0) is 20.4. The number of hydrogen-bond acceptors (Lipinski definition) is 5. The first kappa shape index (κ1) is 19.3. The topological polar surface area (TPSA) is 65.8 Å². The Morgan fingerprint density at radius 2 is 1.90 bits per heavy atom. The van der Waals surface area contributed by atoms with Gasteiger partial charge in [0.05, 0.1) is 18.6 Å². The summed E-state index contributed by atoms with van der Waals surface area (Å²) in [5, 5.41) is 9.26. The summed E-state index contributed by atoms with van der Waals surface area (Å²) < 4.78 is 9.47. The Hall–Kier alpha value is -3.06. The van der Waals surface area contributed by atoms with Gasteiger partial charge in [0.1, 0.15) is 5.76 Å². The fourth-order valence-corrected chi connectivity index (χ4v) is 4.17. The van der Waals surface area contributed by atoms with Crippen LogP contribution in [0.5, 0.6) is 0 Å². The van der Waals surface area contributed by atoms with Crippen molar-refractivity contribution in [2.75, 3.05) is 5.75 Å². The molecule has 148 valence electrons. The number of nitrogens with zero attached hydrogens (tertiary/aromatic N) is 4. The lowest BCUT2D eigenvalue weighted by molar-refractivity contribution is 0.102. The van der Waals surface area contributed by atoms with Crippen molar-refractivity contribution in [1.82, 2.24) is 19.3 Å². The van der Waals surface area contributed by atoms with Crippen molar-refractivity contribution in [2.24, 2.45) is 7.05 Å². The molecule has 29 heavy (non-hydrogen) atoms. The van der Waals surface area contributed by atoms with Crippen LogP contribution in [0.1, 0.15) is 27.5 Å². The second-order valence-corrected chi connectivity index (χ2v) is 7.84. The molecule has 0 amide bonds. The Labute approximate surface area is 173 Å². The molecule has 0 aliphatic heterocycles. The first-order chi connectivity index (χ1) is 14.0. The third kappa shape index (κ3) is 3.91. The lowest BCUT2D eigenvalue weighted by atomic mass is 10.2. The SMILES string of the molecule is Cc1cc(C(=O)CSc2nnc(-c3ccccc3)n2C)c(C)n1Cc1ccco1. The smallest absolute Gasteiger partial charge is 0.191 e. The normalized spacial score (nSPS) is 11.1. The standard InChI is InChI=1S/C22H22N4O2S/c1-15-12-19(16(2)26(15)13-18-10-7-11-28-18)20(27)14-29-22-24-23-21(25(22)3)17-8-5-4-6-9-17/h4-12H,13-14H2,1-3H3. The Kier molecular flexibility index (Phi) is 5.40. The number of aromatic nitrogens is 4. The van der Waals surface area contributed by atoms with E-state index in [1.54, 1.807) is 6.26 Å². The van der Waals surface area contributed by atoms with Crippen LogP contribution in [-0.4, -0.2) is 30.9 Å². The van der Waals surface area contributed by atoms with E-state index in [1.807, 2.05) is 74.0 Å². The van der Waals surface area contributed by atoms with E-state index in [1.165, 1.54) is 11.8 Å². The van der Waals surface area contributed by atoms with Gasteiger partial charge in [-0.2, -0.15) is 0 Å². The molecular weight excluding hydrogens is 384 g/mol. The summed E-state index contributed by atoms with van der Waals surface area (Å²) in [4.78, 5) is 12.9. The highest BCUT2D eigenvalue weighted by Gasteiger charge is 2.18. The van der Waals surface area contributed by atoms with Crippen molar-refractivity contribution in [1.29, 1.82) is 0 Å². The van der Waals surface area contributed by atoms with Crippen LogP contribution in [0, 0.1) is 13.8 Å². The van der Waals surface area contributed by atoms with Gasteiger partial charge in [0.25, 0.3) is 0 Å². The van der Waals surface area contributed by atoms with Gasteiger partial charge in [0, 0.05) is 29.6 Å². The van der Waals surface area contributed by atoms with Crippen LogP contribution in [0.4, 0.5) is 0 Å². The van der Waals surface area contributed by atoms with E-state index in [0.29, 0.717) is 12.3 Å². The summed E-state index contributed by atoms with van der Waals surface area (Å²) >= 11 is 1.41. The van der Waals surface area contributed by atoms with Crippen LogP contribution in [0.3, 0.4) is 0 Å². The molecule has 0 fully saturated rings. The van der Waals surface area contributed by atoms with Crippen LogP contribution in [0.15, 0.2) is 64.4 Å². The predicted octanol–water partition coefficient (Wildman–Crippen LogP) is 4.52. The van der Waals surface area contributed by atoms with Crippen molar-refractivity contribution < 1.29 is 9.21 Å². The number of Topliss-reactive ketones (excluding diaryl/α,β-unsaturated/α-hetero) is 1. The Morgan fingerprint density at radius 3 is 2.62 bits per heavy atom. The molecule has 0 unspecified atom stereocenters. The Balaban J connectivity index is 1.48. The third-order valence-electron chi connectivity index (χ3n) is 4.97. The van der Waals surface area contributed by atoms with Crippen molar-refractivity contribution in [2.45, 2.75) is 25.5 Å². The molecule has 0 spiro atoms. The first-order valence-corrected chi connectivity index (χ1v) is 10.3. The molecule has 0 bridgehead atoms. The van der Waals surface area contributed by atoms with Crippen molar-refractivity contribution in [3.63, 3.8) is 0 Å². The molecule has 7 heteroatoms. The molecule has 0 aliphatic rings. The molecule has 0 aliphatic carbocycles. The molecule has 3 heterocycles. The molecule has 0 radical (unpaired) electrons. The fraction of sp³-hybridized carbons (Fsp3) is 0.227. The van der Waals surface area contributed by atoms with Gasteiger partial charge < -0.3 is 13.6 Å². The zero-order valence-electron chi connectivity index (χ0n) is 16.6. The average Bonchev–Trinajstić information content (AvgIpc) is 3.44. The zero-order valence-corrected chi connectivity index (χ0v) is 17.4. The monoisotopic (exact) mass is 406 g/mol. The number of benzene rings is 1. The summed E-state index contributed by atoms with van der Waals surface area (Å²) in [6.45, 7) is 4.60. The lowest BCUT2D eigenvalue weighted by Gasteiger charge is -2.08. The minimum atomic E-state index is 0.0815. The molecular formula is C22H22N4O2S. The van der Waals surface area contributed by atoms with E-state index in [-0.39, 0.29) is 5.78 Å². The molecule has 0 N–H and O–H groups in total. The van der Waals surface area contributed by atoms with E-state index in [0.717, 1.165) is 39.3 Å². The molecule has 0 saturated heterocycles. The van der Waals surface area contributed by atoms with Gasteiger partial charge in [-0.25, -0.2) is 0 Å². The number of thioether (sulfide) groups is 1. The molecule has 6 nitrogen and oxygen atoms in total. The maximum atomic E-state index is 12.9. The maximum absolute atomic E-state index is 12.9. The van der Waals surface area contributed by atoms with Gasteiger partial charge in [-0.3, -0.25) is 4.79 Å². The molecule has 0 saturated carbocycles. The highest BCUT2D eigenvalue weighted by atomic mass is 32.2. The summed E-state index contributed by atoms with van der Waals surface area (Å²) in [5.74, 6) is 2.05. The van der Waals surface area contributed by atoms with Gasteiger partial charge in [-0.05, 0) is 32.0 Å². The van der Waals surface area contributed by atoms with Crippen LogP contribution >= 0.6 is 11.8 Å². The highest BCUT2D eigenvalue weighted by molar-refractivity contribution is 7.99. The highest BCUT2D eigenvalue weighted by Crippen LogP contribution is 2.24. The second kappa shape index (κ2) is 8.13. The minimum absolute atomic E-state index is 0.0815.